The van der Waals surface area contributed by atoms with Crippen LogP contribution in [0, 0.1) is 5.82 Å². The molecule has 1 heterocycles. The van der Waals surface area contributed by atoms with E-state index in [4.69, 9.17) is 4.74 Å². The van der Waals surface area contributed by atoms with Crippen molar-refractivity contribution in [2.45, 2.75) is 19.1 Å². The first-order valence-corrected chi connectivity index (χ1v) is 6.99. The molecule has 3 heteroatoms. The predicted octanol–water partition coefficient (Wildman–Crippen LogP) is 3.37. The van der Waals surface area contributed by atoms with Gasteiger partial charge >= 0.3 is 0 Å². The van der Waals surface area contributed by atoms with Crippen molar-refractivity contribution < 1.29 is 9.13 Å². The Labute approximate surface area is 118 Å². The van der Waals surface area contributed by atoms with E-state index < -0.39 is 0 Å². The third-order valence-electron chi connectivity index (χ3n) is 3.64. The Bertz CT molecular complexity index is 579. The minimum Gasteiger partial charge on any atom is -0.372 e. The van der Waals surface area contributed by atoms with Gasteiger partial charge in [-0.05, 0) is 41.8 Å². The lowest BCUT2D eigenvalue weighted by Gasteiger charge is -2.14. The number of hydrogen-bond acceptors (Lipinski definition) is 2. The van der Waals surface area contributed by atoms with Crippen molar-refractivity contribution in [3.05, 3.63) is 59.9 Å². The number of rotatable bonds is 4. The van der Waals surface area contributed by atoms with Gasteiger partial charge < -0.3 is 10.1 Å². The van der Waals surface area contributed by atoms with Crippen LogP contribution in [0.15, 0.2) is 48.5 Å². The summed E-state index contributed by atoms with van der Waals surface area (Å²) in [5.74, 6) is -0.210. The van der Waals surface area contributed by atoms with E-state index in [1.807, 2.05) is 30.3 Å². The molecule has 2 aromatic carbocycles. The van der Waals surface area contributed by atoms with Crippen LogP contribution in [0.1, 0.15) is 12.0 Å². The summed E-state index contributed by atoms with van der Waals surface area (Å²) in [6.07, 6.45) is 1.35. The standard InChI is InChI=1S/C17H18FNO/c18-15-6-3-5-13(10-15)17-7-2-1-4-14(17)12-20-16-8-9-19-11-16/h1-7,10,16,19H,8-9,11-12H2/t16-/m0/s1. The summed E-state index contributed by atoms with van der Waals surface area (Å²) in [6.45, 7) is 2.51. The van der Waals surface area contributed by atoms with Crippen LogP contribution >= 0.6 is 0 Å². The lowest BCUT2D eigenvalue weighted by Crippen LogP contribution is -2.16. The van der Waals surface area contributed by atoms with E-state index in [0.29, 0.717) is 6.61 Å². The van der Waals surface area contributed by atoms with Crippen molar-refractivity contribution in [1.82, 2.24) is 5.32 Å². The van der Waals surface area contributed by atoms with Gasteiger partial charge in [0.25, 0.3) is 0 Å². The van der Waals surface area contributed by atoms with Gasteiger partial charge in [0, 0.05) is 6.54 Å². The molecule has 1 saturated heterocycles. The highest BCUT2D eigenvalue weighted by Gasteiger charge is 2.15. The molecule has 2 aromatic rings. The van der Waals surface area contributed by atoms with Crippen molar-refractivity contribution in [1.29, 1.82) is 0 Å². The molecular formula is C17H18FNO. The van der Waals surface area contributed by atoms with E-state index in [-0.39, 0.29) is 11.9 Å². The highest BCUT2D eigenvalue weighted by atomic mass is 19.1. The number of nitrogens with one attached hydrogen (secondary N) is 1. The summed E-state index contributed by atoms with van der Waals surface area (Å²) in [6, 6.07) is 14.7. The molecule has 1 N–H and O–H groups in total. The van der Waals surface area contributed by atoms with Crippen molar-refractivity contribution >= 4 is 0 Å². The second-order valence-electron chi connectivity index (χ2n) is 5.09. The second kappa shape index (κ2) is 6.16. The molecule has 0 aliphatic carbocycles. The van der Waals surface area contributed by atoms with Crippen LogP contribution in [0.3, 0.4) is 0 Å². The van der Waals surface area contributed by atoms with E-state index in [1.54, 1.807) is 12.1 Å². The zero-order valence-electron chi connectivity index (χ0n) is 11.3. The zero-order chi connectivity index (χ0) is 13.8. The molecule has 1 fully saturated rings. The van der Waals surface area contributed by atoms with E-state index in [1.165, 1.54) is 6.07 Å². The fourth-order valence-electron chi connectivity index (χ4n) is 2.56. The zero-order valence-corrected chi connectivity index (χ0v) is 11.3. The number of halogens is 1. The van der Waals surface area contributed by atoms with Crippen LogP contribution < -0.4 is 5.32 Å². The first-order valence-electron chi connectivity index (χ1n) is 6.99. The summed E-state index contributed by atoms with van der Waals surface area (Å²) in [4.78, 5) is 0. The maximum absolute atomic E-state index is 13.4. The number of benzene rings is 2. The minimum absolute atomic E-state index is 0.210. The van der Waals surface area contributed by atoms with Crippen molar-refractivity contribution in [3.8, 4) is 11.1 Å². The maximum Gasteiger partial charge on any atom is 0.123 e. The molecule has 0 unspecified atom stereocenters. The van der Waals surface area contributed by atoms with E-state index in [9.17, 15) is 4.39 Å². The summed E-state index contributed by atoms with van der Waals surface area (Å²) in [7, 11) is 0. The average molecular weight is 271 g/mol. The molecule has 0 aromatic heterocycles. The SMILES string of the molecule is Fc1cccc(-c2ccccc2CO[C@H]2CCNC2)c1. The van der Waals surface area contributed by atoms with Crippen LogP contribution in [0.2, 0.25) is 0 Å². The van der Waals surface area contributed by atoms with Gasteiger partial charge in [-0.2, -0.15) is 0 Å². The summed E-state index contributed by atoms with van der Waals surface area (Å²) >= 11 is 0. The van der Waals surface area contributed by atoms with E-state index in [0.717, 1.165) is 36.2 Å². The Morgan fingerprint density at radius 3 is 2.85 bits per heavy atom. The smallest absolute Gasteiger partial charge is 0.123 e. The molecule has 1 aliphatic rings. The van der Waals surface area contributed by atoms with Crippen LogP contribution in [0.4, 0.5) is 4.39 Å². The van der Waals surface area contributed by atoms with Gasteiger partial charge in [0.15, 0.2) is 0 Å². The Kier molecular flexibility index (Phi) is 4.09. The summed E-state index contributed by atoms with van der Waals surface area (Å²) < 4.78 is 19.3. The largest absolute Gasteiger partial charge is 0.372 e. The van der Waals surface area contributed by atoms with Gasteiger partial charge in [0.1, 0.15) is 5.82 Å². The lowest BCUT2D eigenvalue weighted by atomic mass is 10.00. The lowest BCUT2D eigenvalue weighted by molar-refractivity contribution is 0.0545. The molecule has 3 rings (SSSR count). The topological polar surface area (TPSA) is 21.3 Å². The van der Waals surface area contributed by atoms with Gasteiger partial charge in [-0.15, -0.1) is 0 Å². The molecule has 2 nitrogen and oxygen atoms in total. The predicted molar refractivity (Wildman–Crippen MR) is 77.9 cm³/mol. The van der Waals surface area contributed by atoms with Gasteiger partial charge in [-0.3, -0.25) is 0 Å². The fourth-order valence-corrected chi connectivity index (χ4v) is 2.56. The molecule has 1 atom stereocenters. The molecular weight excluding hydrogens is 253 g/mol. The van der Waals surface area contributed by atoms with Gasteiger partial charge in [0.2, 0.25) is 0 Å². The number of hydrogen-bond donors (Lipinski definition) is 1. The molecule has 0 amide bonds. The normalized spacial score (nSPS) is 18.4. The summed E-state index contributed by atoms with van der Waals surface area (Å²) in [5, 5.41) is 3.29. The first-order chi connectivity index (χ1) is 9.83. The molecule has 20 heavy (non-hydrogen) atoms. The second-order valence-corrected chi connectivity index (χ2v) is 5.09. The van der Waals surface area contributed by atoms with Gasteiger partial charge in [0.05, 0.1) is 12.7 Å². The van der Waals surface area contributed by atoms with E-state index in [2.05, 4.69) is 5.32 Å². The maximum atomic E-state index is 13.4. The first kappa shape index (κ1) is 13.3. The molecule has 0 saturated carbocycles. The Hall–Kier alpha value is -1.71. The van der Waals surface area contributed by atoms with Crippen molar-refractivity contribution in [2.75, 3.05) is 13.1 Å². The minimum atomic E-state index is -0.210. The van der Waals surface area contributed by atoms with Crippen molar-refractivity contribution in [3.63, 3.8) is 0 Å². The average Bonchev–Trinajstić information content (AvgIpc) is 2.99. The molecule has 1 aliphatic heterocycles. The third-order valence-corrected chi connectivity index (χ3v) is 3.64. The number of ether oxygens (including phenoxy) is 1. The molecule has 0 radical (unpaired) electrons. The molecule has 0 bridgehead atoms. The molecule has 104 valence electrons. The van der Waals surface area contributed by atoms with Crippen molar-refractivity contribution in [2.24, 2.45) is 0 Å². The van der Waals surface area contributed by atoms with Gasteiger partial charge in [-0.1, -0.05) is 36.4 Å². The Balaban J connectivity index is 1.80. The van der Waals surface area contributed by atoms with E-state index >= 15 is 0 Å². The van der Waals surface area contributed by atoms with Crippen LogP contribution in [-0.4, -0.2) is 19.2 Å². The quantitative estimate of drug-likeness (QED) is 0.920. The van der Waals surface area contributed by atoms with Crippen LogP contribution in [-0.2, 0) is 11.3 Å². The fraction of sp³-hybridized carbons (Fsp3) is 0.294. The monoisotopic (exact) mass is 271 g/mol. The van der Waals surface area contributed by atoms with Crippen LogP contribution in [0.25, 0.3) is 11.1 Å². The molecule has 0 spiro atoms. The highest BCUT2D eigenvalue weighted by Crippen LogP contribution is 2.25. The van der Waals surface area contributed by atoms with Crippen LogP contribution in [0.5, 0.6) is 0 Å². The third kappa shape index (κ3) is 3.06. The highest BCUT2D eigenvalue weighted by molar-refractivity contribution is 5.67. The van der Waals surface area contributed by atoms with Gasteiger partial charge in [-0.25, -0.2) is 4.39 Å². The summed E-state index contributed by atoms with van der Waals surface area (Å²) in [5.41, 5.74) is 3.04. The Morgan fingerprint density at radius 2 is 2.05 bits per heavy atom. The Morgan fingerprint density at radius 1 is 1.15 bits per heavy atom.